The maximum Gasteiger partial charge on any atom is 0.210 e. The van der Waals surface area contributed by atoms with E-state index in [0.717, 1.165) is 22.4 Å². The first-order chi connectivity index (χ1) is 12.6. The largest absolute Gasteiger partial charge is 0.467 e. The van der Waals surface area contributed by atoms with Crippen molar-refractivity contribution in [2.45, 2.75) is 17.5 Å². The molecule has 2 aromatic carbocycles. The molecule has 134 valence electrons. The number of thioether (sulfide) groups is 1. The lowest BCUT2D eigenvalue weighted by Gasteiger charge is -2.20. The lowest BCUT2D eigenvalue weighted by Crippen LogP contribution is -2.13. The Kier molecular flexibility index (Phi) is 4.95. The molecule has 0 fully saturated rings. The van der Waals surface area contributed by atoms with E-state index >= 15 is 0 Å². The van der Waals surface area contributed by atoms with Crippen molar-refractivity contribution in [3.05, 3.63) is 57.6 Å². The zero-order chi connectivity index (χ0) is 18.1. The van der Waals surface area contributed by atoms with Gasteiger partial charge in [0.05, 0.1) is 11.6 Å². The van der Waals surface area contributed by atoms with Crippen LogP contribution in [-0.4, -0.2) is 21.7 Å². The molecule has 0 bridgehead atoms. The van der Waals surface area contributed by atoms with Crippen LogP contribution >= 0.6 is 35.0 Å². The molecule has 26 heavy (non-hydrogen) atoms. The Morgan fingerprint density at radius 3 is 2.88 bits per heavy atom. The van der Waals surface area contributed by atoms with E-state index in [2.05, 4.69) is 10.2 Å². The highest BCUT2D eigenvalue weighted by Crippen LogP contribution is 2.35. The average molecular weight is 409 g/mol. The number of fused-ring (bicyclic) bond motifs is 1. The van der Waals surface area contributed by atoms with Gasteiger partial charge >= 0.3 is 0 Å². The number of halogens is 2. The number of hydrogen-bond acceptors (Lipinski definition) is 6. The van der Waals surface area contributed by atoms with E-state index in [1.807, 2.05) is 30.3 Å². The van der Waals surface area contributed by atoms with Gasteiger partial charge in [-0.05, 0) is 24.3 Å². The van der Waals surface area contributed by atoms with Gasteiger partial charge in [-0.3, -0.25) is 0 Å². The highest BCUT2D eigenvalue weighted by Gasteiger charge is 2.19. The van der Waals surface area contributed by atoms with E-state index in [4.69, 9.17) is 38.5 Å². The number of hydrogen-bond donors (Lipinski definition) is 1. The Hall–Kier alpha value is -1.93. The minimum atomic E-state index is 0.232. The second kappa shape index (κ2) is 7.36. The van der Waals surface area contributed by atoms with Crippen LogP contribution in [0.3, 0.4) is 0 Å². The van der Waals surface area contributed by atoms with Crippen LogP contribution in [0.1, 0.15) is 11.1 Å². The summed E-state index contributed by atoms with van der Waals surface area (Å²) in [6, 6.07) is 11.1. The Morgan fingerprint density at radius 2 is 2.04 bits per heavy atom. The van der Waals surface area contributed by atoms with Gasteiger partial charge in [-0.1, -0.05) is 47.1 Å². The van der Waals surface area contributed by atoms with Crippen molar-refractivity contribution in [3.8, 4) is 17.1 Å². The van der Waals surface area contributed by atoms with E-state index in [9.17, 15) is 0 Å². The summed E-state index contributed by atoms with van der Waals surface area (Å²) in [6.07, 6.45) is 0. The minimum Gasteiger partial charge on any atom is -0.467 e. The predicted octanol–water partition coefficient (Wildman–Crippen LogP) is 4.12. The van der Waals surface area contributed by atoms with Crippen LogP contribution in [0.15, 0.2) is 41.6 Å². The third kappa shape index (κ3) is 3.35. The van der Waals surface area contributed by atoms with Crippen LogP contribution in [-0.2, 0) is 17.1 Å². The molecule has 0 aliphatic carbocycles. The van der Waals surface area contributed by atoms with Gasteiger partial charge in [0, 0.05) is 27.5 Å². The number of benzene rings is 2. The molecule has 0 spiro atoms. The van der Waals surface area contributed by atoms with Crippen molar-refractivity contribution in [2.24, 2.45) is 0 Å². The van der Waals surface area contributed by atoms with Gasteiger partial charge in [0.1, 0.15) is 5.75 Å². The van der Waals surface area contributed by atoms with E-state index < -0.39 is 0 Å². The Balaban J connectivity index is 1.59. The van der Waals surface area contributed by atoms with Gasteiger partial charge in [0.25, 0.3) is 0 Å². The lowest BCUT2D eigenvalue weighted by molar-refractivity contribution is -0.0168. The van der Waals surface area contributed by atoms with E-state index in [-0.39, 0.29) is 6.79 Å². The normalized spacial score (nSPS) is 13.3. The van der Waals surface area contributed by atoms with Crippen molar-refractivity contribution < 1.29 is 9.47 Å². The van der Waals surface area contributed by atoms with Gasteiger partial charge in [-0.25, -0.2) is 4.68 Å². The van der Waals surface area contributed by atoms with Crippen LogP contribution in [0.2, 0.25) is 10.0 Å². The maximum atomic E-state index is 6.22. The fraction of sp³-hybridized carbons (Fsp3) is 0.176. The molecular weight excluding hydrogens is 395 g/mol. The Labute approximate surface area is 164 Å². The summed E-state index contributed by atoms with van der Waals surface area (Å²) in [7, 11) is 0. The van der Waals surface area contributed by atoms with E-state index in [1.165, 1.54) is 16.4 Å². The summed E-state index contributed by atoms with van der Waals surface area (Å²) >= 11 is 13.9. The molecule has 0 saturated heterocycles. The standard InChI is InChI=1S/C17H14Cl2N4O2S/c18-12-5-10-7-24-9-25-15(10)11(6-12)8-26-17-22-21-16(23(17)20)13-3-1-2-4-14(13)19/h1-6H,7-9,20H2. The number of rotatable bonds is 4. The Morgan fingerprint density at radius 1 is 1.19 bits per heavy atom. The second-order valence-corrected chi connectivity index (χ2v) is 7.39. The molecule has 0 radical (unpaired) electrons. The molecular formula is C17H14Cl2N4O2S. The summed E-state index contributed by atoms with van der Waals surface area (Å²) in [6.45, 7) is 0.716. The molecule has 1 aliphatic rings. The van der Waals surface area contributed by atoms with Crippen LogP contribution in [0.25, 0.3) is 11.4 Å². The number of nitrogens with zero attached hydrogens (tertiary/aromatic N) is 3. The first kappa shape index (κ1) is 17.5. The average Bonchev–Trinajstić information content (AvgIpc) is 3.00. The smallest absolute Gasteiger partial charge is 0.210 e. The third-order valence-corrected chi connectivity index (χ3v) is 5.43. The molecule has 1 aromatic heterocycles. The molecule has 2 heterocycles. The molecule has 6 nitrogen and oxygen atoms in total. The highest BCUT2D eigenvalue weighted by atomic mass is 35.5. The van der Waals surface area contributed by atoms with E-state index in [0.29, 0.717) is 33.4 Å². The summed E-state index contributed by atoms with van der Waals surface area (Å²) in [5, 5.41) is 10.1. The van der Waals surface area contributed by atoms with Crippen LogP contribution in [0, 0.1) is 0 Å². The summed E-state index contributed by atoms with van der Waals surface area (Å²) in [5.41, 5.74) is 2.63. The topological polar surface area (TPSA) is 75.2 Å². The van der Waals surface area contributed by atoms with Crippen LogP contribution < -0.4 is 10.6 Å². The fourth-order valence-corrected chi connectivity index (χ4v) is 4.01. The summed E-state index contributed by atoms with van der Waals surface area (Å²) in [5.74, 6) is 8.07. The van der Waals surface area contributed by atoms with Gasteiger partial charge < -0.3 is 15.3 Å². The third-order valence-electron chi connectivity index (χ3n) is 3.89. The molecule has 0 unspecified atom stereocenters. The molecule has 9 heteroatoms. The van der Waals surface area contributed by atoms with Crippen LogP contribution in [0.5, 0.6) is 5.75 Å². The first-order valence-electron chi connectivity index (χ1n) is 7.73. The molecule has 0 saturated carbocycles. The first-order valence-corrected chi connectivity index (χ1v) is 9.47. The fourth-order valence-electron chi connectivity index (χ4n) is 2.71. The highest BCUT2D eigenvalue weighted by molar-refractivity contribution is 7.98. The van der Waals surface area contributed by atoms with E-state index in [1.54, 1.807) is 6.07 Å². The van der Waals surface area contributed by atoms with Crippen molar-refractivity contribution in [1.82, 2.24) is 14.9 Å². The molecule has 0 atom stereocenters. The van der Waals surface area contributed by atoms with Crippen molar-refractivity contribution in [3.63, 3.8) is 0 Å². The van der Waals surface area contributed by atoms with Gasteiger partial charge in [-0.2, -0.15) is 0 Å². The zero-order valence-electron chi connectivity index (χ0n) is 13.5. The zero-order valence-corrected chi connectivity index (χ0v) is 15.8. The maximum absolute atomic E-state index is 6.22. The van der Waals surface area contributed by atoms with Gasteiger partial charge in [-0.15, -0.1) is 10.2 Å². The van der Waals surface area contributed by atoms with Crippen molar-refractivity contribution in [2.75, 3.05) is 12.6 Å². The van der Waals surface area contributed by atoms with Gasteiger partial charge in [0.15, 0.2) is 12.6 Å². The van der Waals surface area contributed by atoms with Crippen LogP contribution in [0.4, 0.5) is 0 Å². The molecule has 4 rings (SSSR count). The second-order valence-electron chi connectivity index (χ2n) is 5.61. The molecule has 1 aliphatic heterocycles. The number of nitrogens with two attached hydrogens (primary N) is 1. The monoisotopic (exact) mass is 408 g/mol. The SMILES string of the molecule is Nn1c(SCc2cc(Cl)cc3c2OCOC3)nnc1-c1ccccc1Cl. The molecule has 2 N–H and O–H groups in total. The van der Waals surface area contributed by atoms with Crippen molar-refractivity contribution >= 4 is 35.0 Å². The quantitative estimate of drug-likeness (QED) is 0.516. The molecule has 0 amide bonds. The minimum absolute atomic E-state index is 0.232. The molecule has 3 aromatic rings. The summed E-state index contributed by atoms with van der Waals surface area (Å²) < 4.78 is 12.4. The van der Waals surface area contributed by atoms with Crippen molar-refractivity contribution in [1.29, 1.82) is 0 Å². The number of ether oxygens (including phenoxy) is 2. The predicted molar refractivity (Wildman–Crippen MR) is 102 cm³/mol. The summed E-state index contributed by atoms with van der Waals surface area (Å²) in [4.78, 5) is 0. The van der Waals surface area contributed by atoms with Gasteiger partial charge in [0.2, 0.25) is 5.16 Å². The Bertz CT molecular complexity index is 964. The lowest BCUT2D eigenvalue weighted by atomic mass is 10.1. The number of nitrogen functional groups attached to an aromatic ring is 1. The number of aromatic nitrogens is 3.